The maximum absolute atomic E-state index is 13.1. The van der Waals surface area contributed by atoms with Gasteiger partial charge in [0.05, 0.1) is 17.1 Å². The van der Waals surface area contributed by atoms with E-state index in [0.29, 0.717) is 17.5 Å². The number of carbonyl (C=O) groups is 1. The van der Waals surface area contributed by atoms with Gasteiger partial charge in [-0.25, -0.2) is 0 Å². The number of aromatic nitrogens is 3. The lowest BCUT2D eigenvalue weighted by atomic mass is 10.1. The fourth-order valence-electron chi connectivity index (χ4n) is 3.69. The number of hydrogen-bond donors (Lipinski definition) is 0. The molecule has 0 unspecified atom stereocenters. The fourth-order valence-corrected chi connectivity index (χ4v) is 4.49. The molecule has 0 N–H and O–H groups in total. The van der Waals surface area contributed by atoms with E-state index < -0.39 is 0 Å². The number of aryl methyl sites for hydroxylation is 2. The number of anilines is 1. The van der Waals surface area contributed by atoms with E-state index in [1.54, 1.807) is 6.33 Å². The molecule has 0 aliphatic carbocycles. The number of amides is 1. The van der Waals surface area contributed by atoms with E-state index in [2.05, 4.69) is 60.4 Å². The highest BCUT2D eigenvalue weighted by atomic mass is 32.2. The molecule has 0 bridgehead atoms. The maximum Gasteiger partial charge on any atom is 0.237 e. The van der Waals surface area contributed by atoms with Crippen molar-refractivity contribution in [3.63, 3.8) is 0 Å². The van der Waals surface area contributed by atoms with E-state index >= 15 is 0 Å². The molecule has 30 heavy (non-hydrogen) atoms. The summed E-state index contributed by atoms with van der Waals surface area (Å²) in [5.41, 5.74) is 4.33. The van der Waals surface area contributed by atoms with Gasteiger partial charge in [0.15, 0.2) is 5.16 Å². The van der Waals surface area contributed by atoms with Crippen LogP contribution in [0.4, 0.5) is 5.69 Å². The molecule has 0 saturated carbocycles. The quantitative estimate of drug-likeness (QED) is 0.406. The van der Waals surface area contributed by atoms with Gasteiger partial charge in [-0.3, -0.25) is 9.36 Å². The Bertz CT molecular complexity index is 1200. The van der Waals surface area contributed by atoms with Crippen LogP contribution in [0.5, 0.6) is 0 Å². The zero-order valence-electron chi connectivity index (χ0n) is 17.4. The minimum atomic E-state index is 0.0500. The third-order valence-electron chi connectivity index (χ3n) is 5.13. The lowest BCUT2D eigenvalue weighted by molar-refractivity contribution is -0.116. The zero-order valence-corrected chi connectivity index (χ0v) is 18.2. The van der Waals surface area contributed by atoms with Crippen molar-refractivity contribution in [1.29, 1.82) is 0 Å². The van der Waals surface area contributed by atoms with E-state index in [-0.39, 0.29) is 5.91 Å². The summed E-state index contributed by atoms with van der Waals surface area (Å²) < 4.78 is 1.95. The van der Waals surface area contributed by atoms with Crippen LogP contribution in [0.15, 0.2) is 72.1 Å². The molecular formula is C24H24N4OS. The first-order chi connectivity index (χ1) is 14.6. The van der Waals surface area contributed by atoms with Gasteiger partial charge in [-0.1, -0.05) is 65.9 Å². The molecule has 1 aromatic heterocycles. The van der Waals surface area contributed by atoms with Crippen molar-refractivity contribution in [2.45, 2.75) is 25.9 Å². The Morgan fingerprint density at radius 3 is 2.67 bits per heavy atom. The highest BCUT2D eigenvalue weighted by Crippen LogP contribution is 2.28. The molecule has 4 aromatic rings. The monoisotopic (exact) mass is 416 g/mol. The normalized spacial score (nSPS) is 11.0. The van der Waals surface area contributed by atoms with Gasteiger partial charge in [-0.15, -0.1) is 10.2 Å². The van der Waals surface area contributed by atoms with Crippen molar-refractivity contribution >= 4 is 34.1 Å². The molecule has 4 rings (SSSR count). The largest absolute Gasteiger partial charge is 0.311 e. The Hall–Kier alpha value is -3.12. The van der Waals surface area contributed by atoms with Gasteiger partial charge in [0.2, 0.25) is 5.91 Å². The second kappa shape index (κ2) is 8.71. The number of benzene rings is 3. The second-order valence-corrected chi connectivity index (χ2v) is 8.14. The van der Waals surface area contributed by atoms with Gasteiger partial charge in [-0.2, -0.15) is 0 Å². The highest BCUT2D eigenvalue weighted by molar-refractivity contribution is 7.99. The van der Waals surface area contributed by atoms with Crippen molar-refractivity contribution in [1.82, 2.24) is 14.8 Å². The first-order valence-corrected chi connectivity index (χ1v) is 11.0. The molecule has 0 fully saturated rings. The molecule has 6 heteroatoms. The zero-order chi connectivity index (χ0) is 21.1. The van der Waals surface area contributed by atoms with Crippen LogP contribution in [0.1, 0.15) is 18.1 Å². The van der Waals surface area contributed by atoms with Gasteiger partial charge in [-0.05, 0) is 43.9 Å². The Labute approximate surface area is 180 Å². The van der Waals surface area contributed by atoms with Crippen LogP contribution < -0.4 is 4.90 Å². The van der Waals surface area contributed by atoms with Crippen molar-refractivity contribution in [3.05, 3.63) is 78.1 Å². The Morgan fingerprint density at radius 2 is 1.87 bits per heavy atom. The van der Waals surface area contributed by atoms with Crippen LogP contribution in [0, 0.1) is 13.8 Å². The van der Waals surface area contributed by atoms with Crippen molar-refractivity contribution in [2.24, 2.45) is 0 Å². The average molecular weight is 417 g/mol. The molecule has 0 aliphatic rings. The van der Waals surface area contributed by atoms with Crippen LogP contribution in [-0.2, 0) is 4.79 Å². The van der Waals surface area contributed by atoms with Crippen LogP contribution in [-0.4, -0.2) is 33.0 Å². The minimum Gasteiger partial charge on any atom is -0.311 e. The van der Waals surface area contributed by atoms with Crippen LogP contribution in [0.3, 0.4) is 0 Å². The summed E-state index contributed by atoms with van der Waals surface area (Å²) in [5, 5.41) is 11.2. The topological polar surface area (TPSA) is 51.0 Å². The summed E-state index contributed by atoms with van der Waals surface area (Å²) in [5.74, 6) is 0.342. The van der Waals surface area contributed by atoms with E-state index in [1.165, 1.54) is 17.3 Å². The summed E-state index contributed by atoms with van der Waals surface area (Å²) in [6.07, 6.45) is 1.70. The van der Waals surface area contributed by atoms with E-state index in [1.807, 2.05) is 40.7 Å². The van der Waals surface area contributed by atoms with Gasteiger partial charge >= 0.3 is 0 Å². The van der Waals surface area contributed by atoms with Gasteiger partial charge in [0.25, 0.3) is 0 Å². The molecule has 5 nitrogen and oxygen atoms in total. The van der Waals surface area contributed by atoms with E-state index in [4.69, 9.17) is 0 Å². The molecule has 0 atom stereocenters. The second-order valence-electron chi connectivity index (χ2n) is 7.20. The summed E-state index contributed by atoms with van der Waals surface area (Å²) in [7, 11) is 0. The summed E-state index contributed by atoms with van der Waals surface area (Å²) in [6.45, 7) is 6.75. The van der Waals surface area contributed by atoms with Crippen LogP contribution in [0.2, 0.25) is 0 Å². The highest BCUT2D eigenvalue weighted by Gasteiger charge is 2.18. The first-order valence-electron chi connectivity index (χ1n) is 9.97. The van der Waals surface area contributed by atoms with Crippen molar-refractivity contribution in [2.75, 3.05) is 17.2 Å². The summed E-state index contributed by atoms with van der Waals surface area (Å²) in [4.78, 5) is 15.0. The smallest absolute Gasteiger partial charge is 0.237 e. The molecule has 0 saturated heterocycles. The summed E-state index contributed by atoms with van der Waals surface area (Å²) in [6, 6.07) is 20.5. The van der Waals surface area contributed by atoms with Crippen molar-refractivity contribution in [3.8, 4) is 5.69 Å². The number of fused-ring (bicyclic) bond motifs is 1. The molecule has 0 radical (unpaired) electrons. The van der Waals surface area contributed by atoms with Gasteiger partial charge in [0.1, 0.15) is 6.33 Å². The number of rotatable bonds is 6. The number of thioether (sulfide) groups is 1. The third-order valence-corrected chi connectivity index (χ3v) is 6.06. The summed E-state index contributed by atoms with van der Waals surface area (Å²) >= 11 is 1.41. The first kappa shape index (κ1) is 20.2. The molecule has 3 aromatic carbocycles. The standard InChI is InChI=1S/C24H24N4OS/c1-4-27(22-11-7-9-19-8-5-6-10-20(19)22)23(29)15-30-24-26-25-16-28(24)21-13-12-17(2)14-18(21)3/h5-14,16H,4,15H2,1-3H3. The van der Waals surface area contributed by atoms with E-state index in [9.17, 15) is 4.79 Å². The van der Waals surface area contributed by atoms with Crippen LogP contribution in [0.25, 0.3) is 16.5 Å². The van der Waals surface area contributed by atoms with Gasteiger partial charge < -0.3 is 4.90 Å². The average Bonchev–Trinajstić information content (AvgIpc) is 3.21. The predicted octanol–water partition coefficient (Wildman–Crippen LogP) is 5.18. The maximum atomic E-state index is 13.1. The minimum absolute atomic E-state index is 0.0500. The Morgan fingerprint density at radius 1 is 1.07 bits per heavy atom. The molecule has 1 amide bonds. The molecule has 1 heterocycles. The SMILES string of the molecule is CCN(C(=O)CSc1nncn1-c1ccc(C)cc1C)c1cccc2ccccc12. The Kier molecular flexibility index (Phi) is 5.86. The lowest BCUT2D eigenvalue weighted by Gasteiger charge is -2.22. The molecule has 152 valence electrons. The third kappa shape index (κ3) is 3.96. The predicted molar refractivity (Wildman–Crippen MR) is 124 cm³/mol. The lowest BCUT2D eigenvalue weighted by Crippen LogP contribution is -2.32. The molecular weight excluding hydrogens is 392 g/mol. The number of nitrogens with zero attached hydrogens (tertiary/aromatic N) is 4. The van der Waals surface area contributed by atoms with Crippen LogP contribution >= 0.6 is 11.8 Å². The molecule has 0 spiro atoms. The van der Waals surface area contributed by atoms with Gasteiger partial charge in [0, 0.05) is 11.9 Å². The number of hydrogen-bond acceptors (Lipinski definition) is 4. The van der Waals surface area contributed by atoms with E-state index in [0.717, 1.165) is 27.7 Å². The number of carbonyl (C=O) groups excluding carboxylic acids is 1. The van der Waals surface area contributed by atoms with Crippen molar-refractivity contribution < 1.29 is 4.79 Å². The Balaban J connectivity index is 1.56. The molecule has 0 aliphatic heterocycles. The fraction of sp³-hybridized carbons (Fsp3) is 0.208.